The maximum Gasteiger partial charge on any atom is 0.163 e. The Morgan fingerprint density at radius 1 is 1.32 bits per heavy atom. The number of Topliss-reactive ketones (excluding diaryl/α,β-unsaturated/α-hetero) is 1. The highest BCUT2D eigenvalue weighted by molar-refractivity contribution is 7.17. The quantitative estimate of drug-likeness (QED) is 0.803. The first-order chi connectivity index (χ1) is 8.92. The van der Waals surface area contributed by atoms with Crippen LogP contribution in [0.5, 0.6) is 5.75 Å². The molecule has 0 saturated carbocycles. The van der Waals surface area contributed by atoms with E-state index in [1.54, 1.807) is 6.92 Å². The van der Waals surface area contributed by atoms with E-state index in [1.165, 1.54) is 11.3 Å². The standard InChI is InChI=1S/C15H15NO2S/c1-8(17)11-12-9-6-4-5-7-10(9)18-15(2,3)13(12)19-14(11)16/h4-7H,16H2,1-3H3. The van der Waals surface area contributed by atoms with Crippen LogP contribution in [0, 0.1) is 0 Å². The van der Waals surface area contributed by atoms with Gasteiger partial charge in [-0.2, -0.15) is 0 Å². The average Bonchev–Trinajstić information content (AvgIpc) is 2.67. The summed E-state index contributed by atoms with van der Waals surface area (Å²) < 4.78 is 6.04. The number of benzene rings is 1. The van der Waals surface area contributed by atoms with Crippen LogP contribution in [0.2, 0.25) is 0 Å². The second-order valence-corrected chi connectivity index (χ2v) is 6.26. The van der Waals surface area contributed by atoms with Gasteiger partial charge in [-0.25, -0.2) is 0 Å². The molecule has 2 N–H and O–H groups in total. The molecule has 19 heavy (non-hydrogen) atoms. The van der Waals surface area contributed by atoms with Crippen molar-refractivity contribution >= 4 is 22.1 Å². The van der Waals surface area contributed by atoms with Crippen LogP contribution in [0.4, 0.5) is 5.00 Å². The predicted molar refractivity (Wildman–Crippen MR) is 77.8 cm³/mol. The van der Waals surface area contributed by atoms with Crippen LogP contribution in [-0.4, -0.2) is 5.78 Å². The summed E-state index contributed by atoms with van der Waals surface area (Å²) in [6.07, 6.45) is 0. The summed E-state index contributed by atoms with van der Waals surface area (Å²) in [5.41, 5.74) is 8.11. The molecule has 2 heterocycles. The molecule has 1 aromatic heterocycles. The van der Waals surface area contributed by atoms with E-state index in [9.17, 15) is 4.79 Å². The number of nitrogen functional groups attached to an aromatic ring is 1. The van der Waals surface area contributed by atoms with Crippen LogP contribution >= 0.6 is 11.3 Å². The van der Waals surface area contributed by atoms with Crippen molar-refractivity contribution in [3.05, 3.63) is 34.7 Å². The first-order valence-corrected chi connectivity index (χ1v) is 6.95. The van der Waals surface area contributed by atoms with Crippen molar-refractivity contribution in [2.45, 2.75) is 26.4 Å². The molecule has 1 aliphatic heterocycles. The molecular formula is C15H15NO2S. The van der Waals surface area contributed by atoms with Gasteiger partial charge in [-0.05, 0) is 26.8 Å². The number of hydrogen-bond donors (Lipinski definition) is 1. The van der Waals surface area contributed by atoms with Crippen LogP contribution in [0.3, 0.4) is 0 Å². The van der Waals surface area contributed by atoms with Crippen molar-refractivity contribution in [1.82, 2.24) is 0 Å². The minimum atomic E-state index is -0.462. The van der Waals surface area contributed by atoms with Gasteiger partial charge in [-0.1, -0.05) is 18.2 Å². The van der Waals surface area contributed by atoms with Crippen molar-refractivity contribution in [1.29, 1.82) is 0 Å². The molecule has 1 aliphatic rings. The highest BCUT2D eigenvalue weighted by Gasteiger charge is 2.37. The van der Waals surface area contributed by atoms with Gasteiger partial charge in [0.15, 0.2) is 5.78 Å². The van der Waals surface area contributed by atoms with Crippen molar-refractivity contribution in [3.8, 4) is 16.9 Å². The number of carbonyl (C=O) groups excluding carboxylic acids is 1. The molecule has 0 atom stereocenters. The van der Waals surface area contributed by atoms with Gasteiger partial charge < -0.3 is 10.5 Å². The minimum Gasteiger partial charge on any atom is -0.482 e. The first kappa shape index (κ1) is 12.2. The van der Waals surface area contributed by atoms with E-state index in [2.05, 4.69) is 0 Å². The van der Waals surface area contributed by atoms with Crippen molar-refractivity contribution in [2.75, 3.05) is 5.73 Å². The Hall–Kier alpha value is -1.81. The lowest BCUT2D eigenvalue weighted by Crippen LogP contribution is -2.28. The zero-order chi connectivity index (χ0) is 13.8. The van der Waals surface area contributed by atoms with E-state index < -0.39 is 5.60 Å². The highest BCUT2D eigenvalue weighted by Crippen LogP contribution is 2.51. The van der Waals surface area contributed by atoms with Gasteiger partial charge in [0, 0.05) is 11.1 Å². The molecule has 0 amide bonds. The minimum absolute atomic E-state index is 0.00232. The highest BCUT2D eigenvalue weighted by atomic mass is 32.1. The smallest absolute Gasteiger partial charge is 0.163 e. The zero-order valence-electron chi connectivity index (χ0n) is 11.1. The van der Waals surface area contributed by atoms with E-state index >= 15 is 0 Å². The van der Waals surface area contributed by atoms with E-state index in [0.717, 1.165) is 21.8 Å². The lowest BCUT2D eigenvalue weighted by molar-refractivity contribution is 0.101. The molecule has 0 unspecified atom stereocenters. The molecule has 4 heteroatoms. The van der Waals surface area contributed by atoms with Crippen LogP contribution < -0.4 is 10.5 Å². The number of rotatable bonds is 1. The van der Waals surface area contributed by atoms with Gasteiger partial charge in [-0.15, -0.1) is 11.3 Å². The first-order valence-electron chi connectivity index (χ1n) is 6.14. The van der Waals surface area contributed by atoms with E-state index in [-0.39, 0.29) is 5.78 Å². The third-order valence-electron chi connectivity index (χ3n) is 3.36. The van der Waals surface area contributed by atoms with Crippen LogP contribution in [0.15, 0.2) is 24.3 Å². The normalized spacial score (nSPS) is 15.3. The Bertz CT molecular complexity index is 685. The van der Waals surface area contributed by atoms with Gasteiger partial charge in [0.25, 0.3) is 0 Å². The number of carbonyl (C=O) groups is 1. The van der Waals surface area contributed by atoms with Gasteiger partial charge >= 0.3 is 0 Å². The summed E-state index contributed by atoms with van der Waals surface area (Å²) in [6.45, 7) is 5.56. The fourth-order valence-electron chi connectivity index (χ4n) is 2.56. The fraction of sp³-hybridized carbons (Fsp3) is 0.267. The molecule has 0 radical (unpaired) electrons. The molecule has 0 fully saturated rings. The molecule has 0 aliphatic carbocycles. The monoisotopic (exact) mass is 273 g/mol. The van der Waals surface area contributed by atoms with Crippen molar-refractivity contribution in [3.63, 3.8) is 0 Å². The lowest BCUT2D eigenvalue weighted by Gasteiger charge is -2.32. The Morgan fingerprint density at radius 3 is 2.68 bits per heavy atom. The second-order valence-electron chi connectivity index (χ2n) is 5.21. The summed E-state index contributed by atoms with van der Waals surface area (Å²) in [4.78, 5) is 12.9. The van der Waals surface area contributed by atoms with Crippen LogP contribution in [0.25, 0.3) is 11.1 Å². The molecule has 1 aromatic carbocycles. The predicted octanol–water partition coefficient (Wildman–Crippen LogP) is 3.83. The van der Waals surface area contributed by atoms with E-state index in [1.807, 2.05) is 38.1 Å². The number of thiophene rings is 1. The van der Waals surface area contributed by atoms with E-state index in [4.69, 9.17) is 10.5 Å². The zero-order valence-corrected chi connectivity index (χ0v) is 11.9. The summed E-state index contributed by atoms with van der Waals surface area (Å²) in [6, 6.07) is 7.78. The number of anilines is 1. The van der Waals surface area contributed by atoms with Crippen molar-refractivity contribution < 1.29 is 9.53 Å². The fourth-order valence-corrected chi connectivity index (χ4v) is 3.73. The summed E-state index contributed by atoms with van der Waals surface area (Å²) in [5.74, 6) is 0.808. The summed E-state index contributed by atoms with van der Waals surface area (Å²) in [7, 11) is 0. The Balaban J connectivity index is 2.41. The molecular weight excluding hydrogens is 258 g/mol. The van der Waals surface area contributed by atoms with Crippen molar-refractivity contribution in [2.24, 2.45) is 0 Å². The van der Waals surface area contributed by atoms with Gasteiger partial charge in [-0.3, -0.25) is 4.79 Å². The molecule has 0 spiro atoms. The topological polar surface area (TPSA) is 52.3 Å². The number of ether oxygens (including phenoxy) is 1. The summed E-state index contributed by atoms with van der Waals surface area (Å²) >= 11 is 1.45. The Kier molecular flexibility index (Phi) is 2.47. The molecule has 0 bridgehead atoms. The molecule has 2 aromatic rings. The van der Waals surface area contributed by atoms with E-state index in [0.29, 0.717) is 10.6 Å². The molecule has 0 saturated heterocycles. The van der Waals surface area contributed by atoms with Gasteiger partial charge in [0.2, 0.25) is 0 Å². The third-order valence-corrected chi connectivity index (χ3v) is 4.68. The maximum atomic E-state index is 11.9. The van der Waals surface area contributed by atoms with Gasteiger partial charge in [0.05, 0.1) is 15.4 Å². The van der Waals surface area contributed by atoms with Crippen LogP contribution in [-0.2, 0) is 5.60 Å². The summed E-state index contributed by atoms with van der Waals surface area (Å²) in [5, 5.41) is 0.575. The lowest BCUT2D eigenvalue weighted by atomic mass is 9.90. The number of fused-ring (bicyclic) bond motifs is 3. The largest absolute Gasteiger partial charge is 0.482 e. The number of para-hydroxylation sites is 1. The van der Waals surface area contributed by atoms with Crippen LogP contribution in [0.1, 0.15) is 36.0 Å². The third kappa shape index (κ3) is 1.67. The number of hydrogen-bond acceptors (Lipinski definition) is 4. The average molecular weight is 273 g/mol. The second kappa shape index (κ2) is 3.84. The molecule has 3 rings (SSSR count). The SMILES string of the molecule is CC(=O)c1c(N)sc2c1-c1ccccc1OC2(C)C. The van der Waals surface area contributed by atoms with Gasteiger partial charge in [0.1, 0.15) is 11.4 Å². The molecule has 98 valence electrons. The Morgan fingerprint density at radius 2 is 2.00 bits per heavy atom. The Labute approximate surface area is 116 Å². The number of nitrogens with two attached hydrogens (primary N) is 1. The number of ketones is 1. The maximum absolute atomic E-state index is 11.9. The molecule has 3 nitrogen and oxygen atoms in total.